The second-order valence-electron chi connectivity index (χ2n) is 8.68. The molecule has 5 aromatic rings. The maximum atomic E-state index is 6.20. The molecule has 0 atom stereocenters. The van der Waals surface area contributed by atoms with Crippen LogP contribution in [-0.2, 0) is 13.2 Å². The minimum absolute atomic E-state index is 0.438. The van der Waals surface area contributed by atoms with Gasteiger partial charge in [-0.25, -0.2) is 0 Å². The van der Waals surface area contributed by atoms with Crippen LogP contribution in [0.3, 0.4) is 0 Å². The third-order valence-corrected chi connectivity index (χ3v) is 5.90. The molecule has 0 amide bonds. The summed E-state index contributed by atoms with van der Waals surface area (Å²) in [5.41, 5.74) is 5.87. The number of benzene rings is 5. The summed E-state index contributed by atoms with van der Waals surface area (Å²) in [4.78, 5) is 0. The number of ether oxygens (including phenoxy) is 2. The Hall–Kier alpha value is -4.96. The van der Waals surface area contributed by atoms with Crippen molar-refractivity contribution in [3.8, 4) is 11.5 Å². The molecule has 0 unspecified atom stereocenters. The van der Waals surface area contributed by atoms with Crippen molar-refractivity contribution >= 4 is 11.9 Å². The van der Waals surface area contributed by atoms with Crippen molar-refractivity contribution in [3.63, 3.8) is 0 Å². The van der Waals surface area contributed by atoms with E-state index in [4.69, 9.17) is 9.47 Å². The lowest BCUT2D eigenvalue weighted by Gasteiger charge is -2.14. The van der Waals surface area contributed by atoms with Gasteiger partial charge in [-0.2, -0.15) is 5.10 Å². The van der Waals surface area contributed by atoms with E-state index in [1.807, 2.05) is 140 Å². The van der Waals surface area contributed by atoms with Gasteiger partial charge >= 0.3 is 0 Å². The van der Waals surface area contributed by atoms with Crippen LogP contribution in [0.25, 0.3) is 0 Å². The minimum Gasteiger partial charge on any atom is -0.485 e. The molecule has 0 fully saturated rings. The predicted molar refractivity (Wildman–Crippen MR) is 154 cm³/mol. The van der Waals surface area contributed by atoms with E-state index >= 15 is 0 Å². The Bertz CT molecular complexity index is 1440. The lowest BCUT2D eigenvalue weighted by atomic mass is 10.0. The van der Waals surface area contributed by atoms with Crippen LogP contribution in [0.5, 0.6) is 11.5 Å². The van der Waals surface area contributed by atoms with Gasteiger partial charge in [-0.05, 0) is 34.9 Å². The van der Waals surface area contributed by atoms with E-state index in [1.165, 1.54) is 0 Å². The SMILES string of the molecule is C(=NN=C(c1ccccc1)c1ccccc1)c1ccc(OCc2ccccc2)c(OCc2ccccc2)c1. The Kier molecular flexibility index (Phi) is 8.35. The van der Waals surface area contributed by atoms with Crippen molar-refractivity contribution in [2.45, 2.75) is 13.2 Å². The molecule has 0 aromatic heterocycles. The Morgan fingerprint density at radius 3 is 1.53 bits per heavy atom. The summed E-state index contributed by atoms with van der Waals surface area (Å²) in [6.07, 6.45) is 1.74. The lowest BCUT2D eigenvalue weighted by molar-refractivity contribution is 0.256. The highest BCUT2D eigenvalue weighted by atomic mass is 16.5. The fraction of sp³-hybridized carbons (Fsp3) is 0.0588. The van der Waals surface area contributed by atoms with Crippen LogP contribution in [0, 0.1) is 0 Å². The first-order valence-electron chi connectivity index (χ1n) is 12.5. The number of hydrogen-bond donors (Lipinski definition) is 0. The van der Waals surface area contributed by atoms with Gasteiger partial charge in [0.25, 0.3) is 0 Å². The van der Waals surface area contributed by atoms with Crippen molar-refractivity contribution in [2.75, 3.05) is 0 Å². The van der Waals surface area contributed by atoms with Gasteiger partial charge in [0, 0.05) is 11.1 Å². The summed E-state index contributed by atoms with van der Waals surface area (Å²) in [6, 6.07) is 46.1. The molecule has 0 aliphatic carbocycles. The molecule has 0 saturated carbocycles. The quantitative estimate of drug-likeness (QED) is 0.147. The first-order valence-corrected chi connectivity index (χ1v) is 12.5. The first-order chi connectivity index (χ1) is 18.8. The van der Waals surface area contributed by atoms with Crippen LogP contribution in [0.15, 0.2) is 150 Å². The highest BCUT2D eigenvalue weighted by molar-refractivity contribution is 6.12. The zero-order chi connectivity index (χ0) is 25.8. The average Bonchev–Trinajstić information content (AvgIpc) is 2.99. The van der Waals surface area contributed by atoms with Crippen LogP contribution in [0.1, 0.15) is 27.8 Å². The van der Waals surface area contributed by atoms with Gasteiger partial charge in [0.15, 0.2) is 11.5 Å². The van der Waals surface area contributed by atoms with Crippen LogP contribution >= 0.6 is 0 Å². The number of nitrogens with zero attached hydrogens (tertiary/aromatic N) is 2. The van der Waals surface area contributed by atoms with E-state index in [-0.39, 0.29) is 0 Å². The summed E-state index contributed by atoms with van der Waals surface area (Å²) >= 11 is 0. The molecule has 186 valence electrons. The third-order valence-electron chi connectivity index (χ3n) is 5.90. The van der Waals surface area contributed by atoms with Crippen molar-refractivity contribution in [3.05, 3.63) is 167 Å². The predicted octanol–water partition coefficient (Wildman–Crippen LogP) is 7.72. The van der Waals surface area contributed by atoms with Crippen LogP contribution in [-0.4, -0.2) is 11.9 Å². The fourth-order valence-electron chi connectivity index (χ4n) is 3.94. The monoisotopic (exact) mass is 496 g/mol. The largest absolute Gasteiger partial charge is 0.485 e. The molecule has 4 nitrogen and oxygen atoms in total. The molecule has 0 heterocycles. The molecule has 0 spiro atoms. The van der Waals surface area contributed by atoms with Crippen molar-refractivity contribution < 1.29 is 9.47 Å². The second kappa shape index (κ2) is 12.8. The fourth-order valence-corrected chi connectivity index (χ4v) is 3.94. The van der Waals surface area contributed by atoms with Gasteiger partial charge in [0.2, 0.25) is 0 Å². The molecule has 38 heavy (non-hydrogen) atoms. The van der Waals surface area contributed by atoms with E-state index in [2.05, 4.69) is 10.2 Å². The van der Waals surface area contributed by atoms with E-state index in [9.17, 15) is 0 Å². The van der Waals surface area contributed by atoms with E-state index in [1.54, 1.807) is 6.21 Å². The molecule has 0 saturated heterocycles. The van der Waals surface area contributed by atoms with Gasteiger partial charge in [-0.3, -0.25) is 0 Å². The lowest BCUT2D eigenvalue weighted by Crippen LogP contribution is -2.02. The topological polar surface area (TPSA) is 43.2 Å². The maximum Gasteiger partial charge on any atom is 0.162 e. The van der Waals surface area contributed by atoms with Gasteiger partial charge < -0.3 is 9.47 Å². The second-order valence-corrected chi connectivity index (χ2v) is 8.68. The van der Waals surface area contributed by atoms with Gasteiger partial charge in [-0.15, -0.1) is 5.10 Å². The normalized spacial score (nSPS) is 10.7. The molecule has 4 heteroatoms. The zero-order valence-electron chi connectivity index (χ0n) is 21.0. The molecule has 0 N–H and O–H groups in total. The molecule has 0 bridgehead atoms. The molecular formula is C34H28N2O2. The molecule has 5 rings (SSSR count). The summed E-state index contributed by atoms with van der Waals surface area (Å²) in [5, 5.41) is 9.04. The van der Waals surface area contributed by atoms with Crippen LogP contribution in [0.4, 0.5) is 0 Å². The molecule has 0 aliphatic rings. The Labute approximate surface area is 223 Å². The van der Waals surface area contributed by atoms with Gasteiger partial charge in [0.05, 0.1) is 6.21 Å². The Morgan fingerprint density at radius 2 is 1.00 bits per heavy atom. The zero-order valence-corrected chi connectivity index (χ0v) is 21.0. The number of hydrogen-bond acceptors (Lipinski definition) is 4. The Morgan fingerprint density at radius 1 is 0.526 bits per heavy atom. The standard InChI is InChI=1S/C34H28N2O2/c1-5-13-27(14-6-1)25-37-32-22-21-29(23-33(32)38-26-28-15-7-2-8-16-28)24-35-36-34(30-17-9-3-10-18-30)31-19-11-4-12-20-31/h1-24H,25-26H2. The van der Waals surface area contributed by atoms with E-state index < -0.39 is 0 Å². The molecule has 0 aliphatic heterocycles. The van der Waals surface area contributed by atoms with Gasteiger partial charge in [0.1, 0.15) is 18.9 Å². The minimum atomic E-state index is 0.438. The maximum absolute atomic E-state index is 6.20. The van der Waals surface area contributed by atoms with Gasteiger partial charge in [-0.1, -0.05) is 121 Å². The average molecular weight is 497 g/mol. The third kappa shape index (κ3) is 6.83. The van der Waals surface area contributed by atoms with E-state index in [0.717, 1.165) is 33.5 Å². The smallest absolute Gasteiger partial charge is 0.162 e. The molecular weight excluding hydrogens is 468 g/mol. The van der Waals surface area contributed by atoms with Crippen LogP contribution in [0.2, 0.25) is 0 Å². The summed E-state index contributed by atoms with van der Waals surface area (Å²) in [5.74, 6) is 1.34. The Balaban J connectivity index is 1.40. The van der Waals surface area contributed by atoms with Crippen molar-refractivity contribution in [1.82, 2.24) is 0 Å². The highest BCUT2D eigenvalue weighted by Crippen LogP contribution is 2.30. The molecule has 5 aromatic carbocycles. The van der Waals surface area contributed by atoms with Crippen molar-refractivity contribution in [1.29, 1.82) is 0 Å². The number of rotatable bonds is 10. The van der Waals surface area contributed by atoms with Crippen molar-refractivity contribution in [2.24, 2.45) is 10.2 Å². The summed E-state index contributed by atoms with van der Waals surface area (Å²) in [6.45, 7) is 0.894. The van der Waals surface area contributed by atoms with Crippen LogP contribution < -0.4 is 9.47 Å². The molecule has 0 radical (unpaired) electrons. The highest BCUT2D eigenvalue weighted by Gasteiger charge is 2.09. The van der Waals surface area contributed by atoms with E-state index in [0.29, 0.717) is 24.7 Å². The summed E-state index contributed by atoms with van der Waals surface area (Å²) < 4.78 is 12.3. The summed E-state index contributed by atoms with van der Waals surface area (Å²) in [7, 11) is 0. The first kappa shape index (κ1) is 24.7.